The van der Waals surface area contributed by atoms with Gasteiger partial charge in [-0.25, -0.2) is 15.2 Å². The van der Waals surface area contributed by atoms with Gasteiger partial charge in [-0.3, -0.25) is 5.43 Å². The summed E-state index contributed by atoms with van der Waals surface area (Å²) in [7, 11) is 0. The van der Waals surface area contributed by atoms with Crippen LogP contribution in [0, 0.1) is 0 Å². The molecule has 0 aliphatic carbocycles. The fourth-order valence-corrected chi connectivity index (χ4v) is 3.29. The highest BCUT2D eigenvalue weighted by Gasteiger charge is 2.39. The molecule has 1 amide bonds. The molecule has 0 bridgehead atoms. The fraction of sp³-hybridized carbons (Fsp3) is 0.0909. The summed E-state index contributed by atoms with van der Waals surface area (Å²) in [5.41, 5.74) is 2.97. The van der Waals surface area contributed by atoms with Crippen LogP contribution >= 0.6 is 57.7 Å². The lowest BCUT2D eigenvalue weighted by molar-refractivity contribution is -0.141. The van der Waals surface area contributed by atoms with E-state index in [1.54, 1.807) is 0 Å². The van der Waals surface area contributed by atoms with E-state index in [4.69, 9.17) is 46.4 Å². The molecule has 5 nitrogen and oxygen atoms in total. The molecule has 0 fully saturated rings. The maximum absolute atomic E-state index is 12.7. The summed E-state index contributed by atoms with van der Waals surface area (Å²) in [4.78, 5) is 14.7. The predicted octanol–water partition coefficient (Wildman–Crippen LogP) is 5.89. The van der Waals surface area contributed by atoms with Crippen LogP contribution in [-0.4, -0.2) is 11.1 Å². The molecule has 0 unspecified atom stereocenters. The molecule has 0 saturated carbocycles. The van der Waals surface area contributed by atoms with Gasteiger partial charge in [-0.05, 0) is 12.1 Å². The summed E-state index contributed by atoms with van der Waals surface area (Å²) < 4.78 is 42.3. The van der Waals surface area contributed by atoms with Crippen molar-refractivity contribution in [3.8, 4) is 5.06 Å². The number of rotatable bonds is 3. The summed E-state index contributed by atoms with van der Waals surface area (Å²) >= 11 is 23.2. The van der Waals surface area contributed by atoms with Gasteiger partial charge in [0.1, 0.15) is 0 Å². The summed E-state index contributed by atoms with van der Waals surface area (Å²) in [6.07, 6.45) is -6.09. The van der Waals surface area contributed by atoms with Gasteiger partial charge in [-0.1, -0.05) is 57.7 Å². The Labute approximate surface area is 156 Å². The number of ether oxygens (including phenoxy) is 1. The highest BCUT2D eigenvalue weighted by atomic mass is 35.5. The topological polar surface area (TPSA) is 63.2 Å². The van der Waals surface area contributed by atoms with Crippen LogP contribution in [0.25, 0.3) is 0 Å². The van der Waals surface area contributed by atoms with E-state index < -0.39 is 27.5 Å². The number of alkyl halides is 3. The van der Waals surface area contributed by atoms with Crippen molar-refractivity contribution >= 4 is 69.5 Å². The standard InChI is InChI=1S/C11H4Cl4F3N3O2S/c12-3-1-4(13)6(5(14)2-3)20-21-10(22)23-8-7(11(16,17)18)19-9(15)24-8/h1-2,20H,(H,21,22). The van der Waals surface area contributed by atoms with Gasteiger partial charge in [0.2, 0.25) is 10.8 Å². The minimum absolute atomic E-state index is 0.0737. The number of amides is 1. The van der Waals surface area contributed by atoms with Crippen LogP contribution in [-0.2, 0) is 6.18 Å². The number of anilines is 1. The van der Waals surface area contributed by atoms with Crippen molar-refractivity contribution in [3.05, 3.63) is 37.4 Å². The summed E-state index contributed by atoms with van der Waals surface area (Å²) in [6.45, 7) is 0. The summed E-state index contributed by atoms with van der Waals surface area (Å²) in [5.74, 6) is 0. The van der Waals surface area contributed by atoms with E-state index >= 15 is 0 Å². The van der Waals surface area contributed by atoms with E-state index in [1.165, 1.54) is 12.1 Å². The van der Waals surface area contributed by atoms with E-state index in [2.05, 4.69) is 15.1 Å². The normalized spacial score (nSPS) is 11.3. The average Bonchev–Trinajstić information content (AvgIpc) is 2.78. The molecule has 24 heavy (non-hydrogen) atoms. The Bertz CT molecular complexity index is 761. The number of thiazole rings is 1. The van der Waals surface area contributed by atoms with Gasteiger partial charge in [0, 0.05) is 5.02 Å². The molecule has 1 aromatic carbocycles. The number of nitrogens with zero attached hydrogens (tertiary/aromatic N) is 1. The maximum Gasteiger partial charge on any atom is 0.438 e. The van der Waals surface area contributed by atoms with Gasteiger partial charge >= 0.3 is 12.3 Å². The van der Waals surface area contributed by atoms with Crippen LogP contribution < -0.4 is 15.6 Å². The lowest BCUT2D eigenvalue weighted by Crippen LogP contribution is -2.32. The molecule has 130 valence electrons. The molecule has 0 aliphatic rings. The van der Waals surface area contributed by atoms with Crippen molar-refractivity contribution in [2.75, 3.05) is 5.43 Å². The molecular weight excluding hydrogens is 437 g/mol. The van der Waals surface area contributed by atoms with Crippen LogP contribution in [0.3, 0.4) is 0 Å². The van der Waals surface area contributed by atoms with Crippen molar-refractivity contribution in [2.45, 2.75) is 6.18 Å². The Balaban J connectivity index is 2.08. The lowest BCUT2D eigenvalue weighted by Gasteiger charge is -2.12. The first-order valence-electron chi connectivity index (χ1n) is 5.70. The Kier molecular flexibility index (Phi) is 5.92. The molecule has 1 aromatic heterocycles. The molecule has 0 aliphatic heterocycles. The summed E-state index contributed by atoms with van der Waals surface area (Å²) in [5, 5.41) is -0.401. The first-order chi connectivity index (χ1) is 11.1. The average molecular weight is 441 g/mol. The van der Waals surface area contributed by atoms with E-state index in [0.717, 1.165) is 0 Å². The Morgan fingerprint density at radius 1 is 1.17 bits per heavy atom. The Hall–Kier alpha value is -1.13. The fourth-order valence-electron chi connectivity index (χ4n) is 1.41. The van der Waals surface area contributed by atoms with E-state index in [1.807, 2.05) is 5.43 Å². The van der Waals surface area contributed by atoms with Gasteiger partial charge < -0.3 is 4.74 Å². The minimum Gasteiger partial charge on any atom is -0.396 e. The quantitative estimate of drug-likeness (QED) is 0.584. The second-order valence-electron chi connectivity index (χ2n) is 3.98. The number of benzene rings is 1. The van der Waals surface area contributed by atoms with Crippen LogP contribution in [0.2, 0.25) is 19.5 Å². The molecule has 2 rings (SSSR count). The van der Waals surface area contributed by atoms with E-state index in [0.29, 0.717) is 11.3 Å². The van der Waals surface area contributed by atoms with Gasteiger partial charge in [0.25, 0.3) is 0 Å². The van der Waals surface area contributed by atoms with Crippen molar-refractivity contribution < 1.29 is 22.7 Å². The van der Waals surface area contributed by atoms with Crippen LogP contribution in [0.15, 0.2) is 12.1 Å². The Morgan fingerprint density at radius 2 is 1.75 bits per heavy atom. The molecule has 0 radical (unpaired) electrons. The number of aromatic nitrogens is 1. The highest BCUT2D eigenvalue weighted by molar-refractivity contribution is 7.17. The molecular formula is C11H4Cl4F3N3O2S. The van der Waals surface area contributed by atoms with E-state index in [-0.39, 0.29) is 20.8 Å². The van der Waals surface area contributed by atoms with Crippen molar-refractivity contribution in [1.82, 2.24) is 10.4 Å². The van der Waals surface area contributed by atoms with Gasteiger partial charge in [-0.15, -0.1) is 0 Å². The number of nitrogens with one attached hydrogen (secondary N) is 2. The third-order valence-corrected chi connectivity index (χ3v) is 4.17. The molecule has 13 heteroatoms. The largest absolute Gasteiger partial charge is 0.438 e. The molecule has 0 spiro atoms. The predicted molar refractivity (Wildman–Crippen MR) is 86.4 cm³/mol. The zero-order valence-electron chi connectivity index (χ0n) is 11.0. The lowest BCUT2D eigenvalue weighted by atomic mass is 10.3. The molecule has 2 N–H and O–H groups in total. The Morgan fingerprint density at radius 3 is 2.29 bits per heavy atom. The smallest absolute Gasteiger partial charge is 0.396 e. The zero-order valence-corrected chi connectivity index (χ0v) is 14.8. The first kappa shape index (κ1) is 19.2. The molecule has 0 saturated heterocycles. The third kappa shape index (κ3) is 4.70. The van der Waals surface area contributed by atoms with Gasteiger partial charge in [0.05, 0.1) is 15.7 Å². The SMILES string of the molecule is O=C(NNc1c(Cl)cc(Cl)cc1Cl)Oc1sc(Cl)nc1C(F)(F)F. The number of halogens is 7. The first-order valence-corrected chi connectivity index (χ1v) is 8.02. The highest BCUT2D eigenvalue weighted by Crippen LogP contribution is 2.41. The second kappa shape index (κ2) is 7.40. The number of hydrogen-bond acceptors (Lipinski definition) is 5. The number of carbonyl (C=O) groups is 1. The maximum atomic E-state index is 12.7. The number of hydrazine groups is 1. The van der Waals surface area contributed by atoms with Crippen molar-refractivity contribution in [1.29, 1.82) is 0 Å². The van der Waals surface area contributed by atoms with Crippen molar-refractivity contribution in [2.24, 2.45) is 0 Å². The molecule has 1 heterocycles. The monoisotopic (exact) mass is 439 g/mol. The molecule has 2 aromatic rings. The minimum atomic E-state index is -4.82. The molecule has 0 atom stereocenters. The van der Waals surface area contributed by atoms with Gasteiger partial charge in [-0.2, -0.15) is 13.2 Å². The number of carbonyl (C=O) groups excluding carboxylic acids is 1. The van der Waals surface area contributed by atoms with Gasteiger partial charge in [0.15, 0.2) is 4.47 Å². The summed E-state index contributed by atoms with van der Waals surface area (Å²) in [6, 6.07) is 2.68. The van der Waals surface area contributed by atoms with Crippen LogP contribution in [0.4, 0.5) is 23.7 Å². The third-order valence-electron chi connectivity index (χ3n) is 2.32. The van der Waals surface area contributed by atoms with Crippen LogP contribution in [0.5, 0.6) is 5.06 Å². The zero-order chi connectivity index (χ0) is 18.1. The van der Waals surface area contributed by atoms with E-state index in [9.17, 15) is 18.0 Å². The van der Waals surface area contributed by atoms with Crippen LogP contribution in [0.1, 0.15) is 5.69 Å². The number of hydrogen-bond donors (Lipinski definition) is 2. The van der Waals surface area contributed by atoms with Crippen molar-refractivity contribution in [3.63, 3.8) is 0 Å². The second-order valence-corrected chi connectivity index (χ2v) is 6.78.